The SMILES string of the molecule is Cc1ccccc1-n1cc(CC(C)C(=O)O)c2ccccc21. The highest BCUT2D eigenvalue weighted by atomic mass is 16.4. The molecule has 1 atom stereocenters. The summed E-state index contributed by atoms with van der Waals surface area (Å²) in [6.45, 7) is 3.84. The Bertz CT molecular complexity index is 832. The maximum Gasteiger partial charge on any atom is 0.306 e. The van der Waals surface area contributed by atoms with Gasteiger partial charge in [-0.3, -0.25) is 4.79 Å². The summed E-state index contributed by atoms with van der Waals surface area (Å²) >= 11 is 0. The van der Waals surface area contributed by atoms with E-state index in [4.69, 9.17) is 0 Å². The number of carboxylic acids is 1. The van der Waals surface area contributed by atoms with E-state index in [2.05, 4.69) is 42.0 Å². The average molecular weight is 293 g/mol. The molecule has 0 saturated carbocycles. The van der Waals surface area contributed by atoms with Crippen molar-refractivity contribution < 1.29 is 9.90 Å². The van der Waals surface area contributed by atoms with Gasteiger partial charge in [0.25, 0.3) is 0 Å². The molecule has 3 rings (SSSR count). The number of nitrogens with zero attached hydrogens (tertiary/aromatic N) is 1. The highest BCUT2D eigenvalue weighted by Crippen LogP contribution is 2.28. The van der Waals surface area contributed by atoms with E-state index >= 15 is 0 Å². The molecule has 1 unspecified atom stereocenters. The lowest BCUT2D eigenvalue weighted by molar-refractivity contribution is -0.141. The Hall–Kier alpha value is -2.55. The first-order chi connectivity index (χ1) is 10.6. The molecule has 0 amide bonds. The Morgan fingerprint density at radius 2 is 1.82 bits per heavy atom. The number of para-hydroxylation sites is 2. The van der Waals surface area contributed by atoms with E-state index in [1.54, 1.807) is 6.92 Å². The van der Waals surface area contributed by atoms with Gasteiger partial charge in [0.05, 0.1) is 11.4 Å². The molecular formula is C19H19NO2. The molecule has 0 aliphatic heterocycles. The van der Waals surface area contributed by atoms with Gasteiger partial charge in [-0.15, -0.1) is 0 Å². The van der Waals surface area contributed by atoms with Gasteiger partial charge >= 0.3 is 5.97 Å². The van der Waals surface area contributed by atoms with Crippen molar-refractivity contribution in [2.75, 3.05) is 0 Å². The number of aromatic nitrogens is 1. The molecule has 0 aliphatic carbocycles. The van der Waals surface area contributed by atoms with Crippen LogP contribution in [-0.4, -0.2) is 15.6 Å². The van der Waals surface area contributed by atoms with Crippen LogP contribution in [-0.2, 0) is 11.2 Å². The fourth-order valence-corrected chi connectivity index (χ4v) is 2.86. The minimum atomic E-state index is -0.757. The number of hydrogen-bond donors (Lipinski definition) is 1. The van der Waals surface area contributed by atoms with E-state index in [-0.39, 0.29) is 0 Å². The van der Waals surface area contributed by atoms with E-state index in [0.29, 0.717) is 6.42 Å². The second kappa shape index (κ2) is 5.68. The van der Waals surface area contributed by atoms with Crippen LogP contribution in [0.3, 0.4) is 0 Å². The Balaban J connectivity index is 2.16. The second-order valence-electron chi connectivity index (χ2n) is 5.77. The summed E-state index contributed by atoms with van der Waals surface area (Å²) in [4.78, 5) is 11.2. The molecule has 0 fully saturated rings. The monoisotopic (exact) mass is 293 g/mol. The summed E-state index contributed by atoms with van der Waals surface area (Å²) in [6, 6.07) is 16.4. The van der Waals surface area contributed by atoms with Gasteiger partial charge in [0.2, 0.25) is 0 Å². The number of carbonyl (C=O) groups is 1. The molecule has 22 heavy (non-hydrogen) atoms. The first-order valence-electron chi connectivity index (χ1n) is 7.45. The van der Waals surface area contributed by atoms with Gasteiger partial charge in [-0.25, -0.2) is 0 Å². The minimum Gasteiger partial charge on any atom is -0.481 e. The number of aryl methyl sites for hydroxylation is 1. The molecule has 112 valence electrons. The van der Waals surface area contributed by atoms with Crippen molar-refractivity contribution in [3.63, 3.8) is 0 Å². The number of benzene rings is 2. The summed E-state index contributed by atoms with van der Waals surface area (Å²) in [5.74, 6) is -1.15. The van der Waals surface area contributed by atoms with Gasteiger partial charge in [-0.05, 0) is 36.6 Å². The van der Waals surface area contributed by atoms with Gasteiger partial charge in [0, 0.05) is 17.3 Å². The van der Waals surface area contributed by atoms with E-state index < -0.39 is 11.9 Å². The molecule has 1 aromatic heterocycles. The first-order valence-corrected chi connectivity index (χ1v) is 7.45. The zero-order valence-electron chi connectivity index (χ0n) is 12.8. The first kappa shape index (κ1) is 14.4. The summed E-state index contributed by atoms with van der Waals surface area (Å²) in [5, 5.41) is 10.3. The van der Waals surface area contributed by atoms with Crippen LogP contribution in [0.15, 0.2) is 54.7 Å². The highest BCUT2D eigenvalue weighted by Gasteiger charge is 2.16. The van der Waals surface area contributed by atoms with E-state index in [1.165, 1.54) is 5.56 Å². The smallest absolute Gasteiger partial charge is 0.306 e. The molecule has 0 aliphatic rings. The van der Waals surface area contributed by atoms with E-state index in [0.717, 1.165) is 22.2 Å². The lowest BCUT2D eigenvalue weighted by atomic mass is 10.0. The van der Waals surface area contributed by atoms with Crippen molar-refractivity contribution in [1.29, 1.82) is 0 Å². The molecule has 0 spiro atoms. The van der Waals surface area contributed by atoms with Gasteiger partial charge in [-0.2, -0.15) is 0 Å². The predicted octanol–water partition coefficient (Wildman–Crippen LogP) is 4.20. The quantitative estimate of drug-likeness (QED) is 0.783. The lowest BCUT2D eigenvalue weighted by Gasteiger charge is -2.08. The van der Waals surface area contributed by atoms with Crippen molar-refractivity contribution >= 4 is 16.9 Å². The molecule has 0 bridgehead atoms. The molecule has 0 radical (unpaired) electrons. The van der Waals surface area contributed by atoms with Crippen molar-refractivity contribution in [3.05, 3.63) is 65.9 Å². The second-order valence-corrected chi connectivity index (χ2v) is 5.77. The maximum absolute atomic E-state index is 11.2. The highest BCUT2D eigenvalue weighted by molar-refractivity contribution is 5.86. The summed E-state index contributed by atoms with van der Waals surface area (Å²) in [7, 11) is 0. The van der Waals surface area contributed by atoms with Crippen LogP contribution in [0.25, 0.3) is 16.6 Å². The largest absolute Gasteiger partial charge is 0.481 e. The summed E-state index contributed by atoms with van der Waals surface area (Å²) < 4.78 is 2.16. The molecule has 1 N–H and O–H groups in total. The Morgan fingerprint density at radius 3 is 2.55 bits per heavy atom. The van der Waals surface area contributed by atoms with Crippen molar-refractivity contribution in [1.82, 2.24) is 4.57 Å². The Kier molecular flexibility index (Phi) is 3.72. The molecular weight excluding hydrogens is 274 g/mol. The third-order valence-corrected chi connectivity index (χ3v) is 4.12. The Morgan fingerprint density at radius 1 is 1.14 bits per heavy atom. The standard InChI is InChI=1S/C19H19NO2/c1-13-7-3-5-9-17(13)20-12-15(11-14(2)19(21)22)16-8-4-6-10-18(16)20/h3-10,12,14H,11H2,1-2H3,(H,21,22). The summed E-state index contributed by atoms with van der Waals surface area (Å²) in [6.07, 6.45) is 2.61. The van der Waals surface area contributed by atoms with Crippen molar-refractivity contribution in [2.45, 2.75) is 20.3 Å². The van der Waals surface area contributed by atoms with Gasteiger partial charge in [0.15, 0.2) is 0 Å². The Labute approximate surface area is 129 Å². The van der Waals surface area contributed by atoms with E-state index in [1.807, 2.05) is 24.3 Å². The van der Waals surface area contributed by atoms with Crippen molar-refractivity contribution in [3.8, 4) is 5.69 Å². The van der Waals surface area contributed by atoms with Gasteiger partial charge in [-0.1, -0.05) is 43.3 Å². The number of hydrogen-bond acceptors (Lipinski definition) is 1. The summed E-state index contributed by atoms with van der Waals surface area (Å²) in [5.41, 5.74) is 4.52. The fraction of sp³-hybridized carbons (Fsp3) is 0.211. The third-order valence-electron chi connectivity index (χ3n) is 4.12. The zero-order valence-corrected chi connectivity index (χ0v) is 12.8. The van der Waals surface area contributed by atoms with Crippen LogP contribution in [0.2, 0.25) is 0 Å². The minimum absolute atomic E-state index is 0.392. The normalized spacial score (nSPS) is 12.5. The molecule has 3 nitrogen and oxygen atoms in total. The number of carboxylic acid groups (broad SMARTS) is 1. The predicted molar refractivity (Wildman–Crippen MR) is 88.5 cm³/mol. The van der Waals surface area contributed by atoms with Crippen LogP contribution in [0, 0.1) is 12.8 Å². The molecule has 1 heterocycles. The number of rotatable bonds is 4. The molecule has 0 saturated heterocycles. The van der Waals surface area contributed by atoms with Crippen LogP contribution in [0.4, 0.5) is 0 Å². The van der Waals surface area contributed by atoms with Crippen molar-refractivity contribution in [2.24, 2.45) is 5.92 Å². The zero-order chi connectivity index (χ0) is 15.7. The molecule has 3 heteroatoms. The topological polar surface area (TPSA) is 42.2 Å². The average Bonchev–Trinajstić information content (AvgIpc) is 2.86. The number of fused-ring (bicyclic) bond motifs is 1. The maximum atomic E-state index is 11.2. The van der Waals surface area contributed by atoms with Gasteiger partial charge < -0.3 is 9.67 Å². The fourth-order valence-electron chi connectivity index (χ4n) is 2.86. The van der Waals surface area contributed by atoms with Crippen LogP contribution in [0.5, 0.6) is 0 Å². The van der Waals surface area contributed by atoms with Gasteiger partial charge in [0.1, 0.15) is 0 Å². The lowest BCUT2D eigenvalue weighted by Crippen LogP contribution is -2.11. The van der Waals surface area contributed by atoms with Crippen LogP contribution in [0.1, 0.15) is 18.1 Å². The van der Waals surface area contributed by atoms with Crippen LogP contribution < -0.4 is 0 Å². The third kappa shape index (κ3) is 2.50. The molecule has 2 aromatic carbocycles. The van der Waals surface area contributed by atoms with Crippen LogP contribution >= 0.6 is 0 Å². The number of aliphatic carboxylic acids is 1. The van der Waals surface area contributed by atoms with E-state index in [9.17, 15) is 9.90 Å². The molecule has 3 aromatic rings.